The van der Waals surface area contributed by atoms with Crippen LogP contribution < -0.4 is 16.0 Å². The van der Waals surface area contributed by atoms with Crippen LogP contribution in [0.15, 0.2) is 24.3 Å². The second-order valence-electron chi connectivity index (χ2n) is 3.89. The highest BCUT2D eigenvalue weighted by Crippen LogP contribution is 2.17. The Kier molecular flexibility index (Phi) is 5.49. The summed E-state index contributed by atoms with van der Waals surface area (Å²) in [6.45, 7) is 7.62. The highest BCUT2D eigenvalue weighted by molar-refractivity contribution is 5.89. The minimum Gasteiger partial charge on any atom is -0.338 e. The molecule has 0 aliphatic rings. The molecule has 0 radical (unpaired) electrons. The van der Waals surface area contributed by atoms with Gasteiger partial charge in [0.15, 0.2) is 0 Å². The number of carbonyl (C=O) groups is 1. The van der Waals surface area contributed by atoms with Gasteiger partial charge in [-0.1, -0.05) is 19.1 Å². The molecule has 0 aliphatic heterocycles. The van der Waals surface area contributed by atoms with Crippen LogP contribution in [0.2, 0.25) is 0 Å². The van der Waals surface area contributed by atoms with Crippen molar-refractivity contribution in [3.63, 3.8) is 0 Å². The largest absolute Gasteiger partial charge is 0.338 e. The van der Waals surface area contributed by atoms with E-state index in [1.165, 1.54) is 5.56 Å². The van der Waals surface area contributed by atoms with Crippen LogP contribution in [0, 0.1) is 0 Å². The molecule has 0 heterocycles. The Bertz CT molecular complexity index is 365. The normalized spacial score (nSPS) is 11.9. The Labute approximate surface area is 103 Å². The van der Waals surface area contributed by atoms with Crippen molar-refractivity contribution in [1.82, 2.24) is 10.6 Å². The molecule has 0 fully saturated rings. The predicted octanol–water partition coefficient (Wildman–Crippen LogP) is 2.50. The number of hydrogen-bond acceptors (Lipinski definition) is 2. The standard InChI is InChI=1S/C13H21N3O/c1-4-14-10(3)11-7-6-8-12(9-11)16-13(17)15-5-2/h6-10,14H,4-5H2,1-3H3,(H2,15,16,17). The van der Waals surface area contributed by atoms with E-state index in [9.17, 15) is 4.79 Å². The number of rotatable bonds is 5. The van der Waals surface area contributed by atoms with Crippen molar-refractivity contribution in [1.29, 1.82) is 0 Å². The van der Waals surface area contributed by atoms with Gasteiger partial charge in [0.25, 0.3) is 0 Å². The lowest BCUT2D eigenvalue weighted by Gasteiger charge is -2.14. The second kappa shape index (κ2) is 6.91. The van der Waals surface area contributed by atoms with Gasteiger partial charge in [-0.15, -0.1) is 0 Å². The quantitative estimate of drug-likeness (QED) is 0.734. The molecule has 0 spiro atoms. The smallest absolute Gasteiger partial charge is 0.319 e. The van der Waals surface area contributed by atoms with Gasteiger partial charge in [-0.2, -0.15) is 0 Å². The molecule has 4 heteroatoms. The number of amides is 2. The van der Waals surface area contributed by atoms with Gasteiger partial charge in [0.1, 0.15) is 0 Å². The van der Waals surface area contributed by atoms with E-state index in [1.807, 2.05) is 25.1 Å². The summed E-state index contributed by atoms with van der Waals surface area (Å²) in [5.74, 6) is 0. The third-order valence-electron chi connectivity index (χ3n) is 2.49. The molecule has 1 rings (SSSR count). The first-order valence-electron chi connectivity index (χ1n) is 6.05. The third kappa shape index (κ3) is 4.44. The highest BCUT2D eigenvalue weighted by atomic mass is 16.2. The van der Waals surface area contributed by atoms with Crippen molar-refractivity contribution in [3.8, 4) is 0 Å². The highest BCUT2D eigenvalue weighted by Gasteiger charge is 2.05. The van der Waals surface area contributed by atoms with Crippen LogP contribution in [-0.4, -0.2) is 19.1 Å². The van der Waals surface area contributed by atoms with Crippen LogP contribution in [0.5, 0.6) is 0 Å². The molecule has 0 saturated carbocycles. The van der Waals surface area contributed by atoms with E-state index in [2.05, 4.69) is 35.9 Å². The van der Waals surface area contributed by atoms with Crippen molar-refractivity contribution in [3.05, 3.63) is 29.8 Å². The third-order valence-corrected chi connectivity index (χ3v) is 2.49. The fourth-order valence-corrected chi connectivity index (χ4v) is 1.65. The lowest BCUT2D eigenvalue weighted by atomic mass is 10.1. The van der Waals surface area contributed by atoms with Crippen LogP contribution in [0.25, 0.3) is 0 Å². The molecule has 2 amide bonds. The Morgan fingerprint density at radius 1 is 1.29 bits per heavy atom. The zero-order chi connectivity index (χ0) is 12.7. The van der Waals surface area contributed by atoms with Crippen molar-refractivity contribution in [2.24, 2.45) is 0 Å². The molecule has 1 atom stereocenters. The van der Waals surface area contributed by atoms with E-state index in [0.29, 0.717) is 6.54 Å². The average Bonchev–Trinajstić information content (AvgIpc) is 2.30. The first-order chi connectivity index (χ1) is 8.17. The zero-order valence-corrected chi connectivity index (χ0v) is 10.7. The Hall–Kier alpha value is -1.55. The van der Waals surface area contributed by atoms with Gasteiger partial charge >= 0.3 is 6.03 Å². The van der Waals surface area contributed by atoms with Gasteiger partial charge < -0.3 is 16.0 Å². The maximum Gasteiger partial charge on any atom is 0.319 e. The lowest BCUT2D eigenvalue weighted by Crippen LogP contribution is -2.28. The fourth-order valence-electron chi connectivity index (χ4n) is 1.65. The molecule has 3 N–H and O–H groups in total. The second-order valence-corrected chi connectivity index (χ2v) is 3.89. The van der Waals surface area contributed by atoms with Crippen molar-refractivity contribution < 1.29 is 4.79 Å². The van der Waals surface area contributed by atoms with Gasteiger partial charge in [-0.25, -0.2) is 4.79 Å². The fraction of sp³-hybridized carbons (Fsp3) is 0.462. The number of hydrogen-bond donors (Lipinski definition) is 3. The minimum absolute atomic E-state index is 0.166. The number of carbonyl (C=O) groups excluding carboxylic acids is 1. The number of urea groups is 1. The summed E-state index contributed by atoms with van der Waals surface area (Å²) in [4.78, 5) is 11.4. The van der Waals surface area contributed by atoms with Gasteiger partial charge in [-0.05, 0) is 38.1 Å². The first kappa shape index (κ1) is 13.5. The number of nitrogens with one attached hydrogen (secondary N) is 3. The molecule has 1 aromatic carbocycles. The van der Waals surface area contributed by atoms with Crippen LogP contribution in [0.4, 0.5) is 10.5 Å². The van der Waals surface area contributed by atoms with E-state index in [4.69, 9.17) is 0 Å². The Balaban J connectivity index is 2.68. The maximum absolute atomic E-state index is 11.4. The molecule has 1 unspecified atom stereocenters. The van der Waals surface area contributed by atoms with Gasteiger partial charge in [0.05, 0.1) is 0 Å². The van der Waals surface area contributed by atoms with Gasteiger partial charge in [0, 0.05) is 18.3 Å². The summed E-state index contributed by atoms with van der Waals surface area (Å²) < 4.78 is 0. The zero-order valence-electron chi connectivity index (χ0n) is 10.7. The predicted molar refractivity (Wildman–Crippen MR) is 71.2 cm³/mol. The maximum atomic E-state index is 11.4. The van der Waals surface area contributed by atoms with E-state index < -0.39 is 0 Å². The van der Waals surface area contributed by atoms with Crippen molar-refractivity contribution in [2.45, 2.75) is 26.8 Å². The molecule has 4 nitrogen and oxygen atoms in total. The van der Waals surface area contributed by atoms with E-state index in [0.717, 1.165) is 12.2 Å². The van der Waals surface area contributed by atoms with E-state index in [-0.39, 0.29) is 12.1 Å². The van der Waals surface area contributed by atoms with Crippen LogP contribution >= 0.6 is 0 Å². The Morgan fingerprint density at radius 3 is 2.71 bits per heavy atom. The van der Waals surface area contributed by atoms with Crippen molar-refractivity contribution >= 4 is 11.7 Å². The van der Waals surface area contributed by atoms with Crippen LogP contribution in [-0.2, 0) is 0 Å². The van der Waals surface area contributed by atoms with Crippen molar-refractivity contribution in [2.75, 3.05) is 18.4 Å². The topological polar surface area (TPSA) is 53.2 Å². The summed E-state index contributed by atoms with van der Waals surface area (Å²) in [7, 11) is 0. The molecule has 0 aromatic heterocycles. The summed E-state index contributed by atoms with van der Waals surface area (Å²) in [6.07, 6.45) is 0. The number of benzene rings is 1. The summed E-state index contributed by atoms with van der Waals surface area (Å²) in [5.41, 5.74) is 1.99. The van der Waals surface area contributed by atoms with Gasteiger partial charge in [0.2, 0.25) is 0 Å². The average molecular weight is 235 g/mol. The first-order valence-corrected chi connectivity index (χ1v) is 6.05. The molecule has 0 bridgehead atoms. The molecule has 0 saturated heterocycles. The lowest BCUT2D eigenvalue weighted by molar-refractivity contribution is 0.252. The van der Waals surface area contributed by atoms with Crippen LogP contribution in [0.1, 0.15) is 32.4 Å². The van der Waals surface area contributed by atoms with Crippen LogP contribution in [0.3, 0.4) is 0 Å². The molecule has 94 valence electrons. The molecular formula is C13H21N3O. The summed E-state index contributed by atoms with van der Waals surface area (Å²) in [5, 5.41) is 8.84. The van der Waals surface area contributed by atoms with E-state index >= 15 is 0 Å². The monoisotopic (exact) mass is 235 g/mol. The van der Waals surface area contributed by atoms with E-state index in [1.54, 1.807) is 0 Å². The molecular weight excluding hydrogens is 214 g/mol. The number of anilines is 1. The molecule has 1 aromatic rings. The summed E-state index contributed by atoms with van der Waals surface area (Å²) in [6, 6.07) is 8.00. The Morgan fingerprint density at radius 2 is 2.06 bits per heavy atom. The van der Waals surface area contributed by atoms with Gasteiger partial charge in [-0.3, -0.25) is 0 Å². The SMILES string of the molecule is CCNC(=O)Nc1cccc(C(C)NCC)c1. The summed E-state index contributed by atoms with van der Waals surface area (Å²) >= 11 is 0. The molecule has 0 aliphatic carbocycles. The molecule has 17 heavy (non-hydrogen) atoms. The minimum atomic E-state index is -0.166.